The third kappa shape index (κ3) is 19.0. The number of carboxylic acids is 5. The maximum Gasteiger partial charge on any atom is 0.317 e. The van der Waals surface area contributed by atoms with Crippen LogP contribution in [-0.2, 0) is 38.1 Å². The lowest BCUT2D eigenvalue weighted by Crippen LogP contribution is -2.51. The molecule has 8 N–H and O–H groups in total. The number of aliphatic carboxylic acids is 5. The van der Waals surface area contributed by atoms with Gasteiger partial charge in [0.2, 0.25) is 13.3 Å². The van der Waals surface area contributed by atoms with Gasteiger partial charge in [0.15, 0.2) is 0 Å². The minimum Gasteiger partial charge on any atom is -0.481 e. The van der Waals surface area contributed by atoms with E-state index in [1.165, 1.54) is 0 Å². The van der Waals surface area contributed by atoms with E-state index in [1.54, 1.807) is 19.6 Å². The standard InChI is InChI=1S/C25H43N6O14P/c32-19(3-12-46(44,45)17-18(25(42)43)1-2-21(34)35)26-27-20(33)13-28-4-6-29(14-22(36)37)8-10-31(16-24(40)41)11-9-30(7-5-28)15-23(38)39/h18H,1-17H2,(H,26,32)(H,27,33)(H,34,35)(H,36,37)(H,38,39)(H,40,41)(H,42,43)(H,44,45). The van der Waals surface area contributed by atoms with Crippen LogP contribution in [0.25, 0.3) is 0 Å². The Morgan fingerprint density at radius 3 is 1.28 bits per heavy atom. The quantitative estimate of drug-likeness (QED) is 0.0554. The number of hydrogen-bond acceptors (Lipinski definition) is 12. The molecule has 20 nitrogen and oxygen atoms in total. The first-order valence-electron chi connectivity index (χ1n) is 14.3. The van der Waals surface area contributed by atoms with Crippen LogP contribution in [0.15, 0.2) is 0 Å². The fraction of sp³-hybridized carbons (Fsp3) is 0.720. The Morgan fingerprint density at radius 2 is 0.935 bits per heavy atom. The summed E-state index contributed by atoms with van der Waals surface area (Å²) in [6.45, 7) is 0.146. The molecule has 2 amide bonds. The van der Waals surface area contributed by atoms with Gasteiger partial charge in [-0.1, -0.05) is 0 Å². The van der Waals surface area contributed by atoms with Crippen molar-refractivity contribution in [1.29, 1.82) is 0 Å². The molecular weight excluding hydrogens is 639 g/mol. The molecule has 21 heteroatoms. The van der Waals surface area contributed by atoms with E-state index in [-0.39, 0.29) is 85.0 Å². The van der Waals surface area contributed by atoms with Crippen molar-refractivity contribution in [1.82, 2.24) is 30.5 Å². The van der Waals surface area contributed by atoms with Gasteiger partial charge in [-0.25, -0.2) is 0 Å². The monoisotopic (exact) mass is 682 g/mol. The molecule has 1 aliphatic heterocycles. The summed E-state index contributed by atoms with van der Waals surface area (Å²) in [5.74, 6) is -8.94. The number of nitrogens with one attached hydrogen (secondary N) is 2. The highest BCUT2D eigenvalue weighted by Crippen LogP contribution is 2.44. The molecule has 46 heavy (non-hydrogen) atoms. The first kappa shape index (κ1) is 40.3. The number of carbonyl (C=O) groups excluding carboxylic acids is 2. The van der Waals surface area contributed by atoms with E-state index in [0.717, 1.165) is 0 Å². The average Bonchev–Trinajstić information content (AvgIpc) is 2.93. The summed E-state index contributed by atoms with van der Waals surface area (Å²) in [7, 11) is -4.14. The van der Waals surface area contributed by atoms with Gasteiger partial charge in [-0.2, -0.15) is 0 Å². The van der Waals surface area contributed by atoms with Crippen molar-refractivity contribution in [3.63, 3.8) is 0 Å². The predicted molar refractivity (Wildman–Crippen MR) is 157 cm³/mol. The lowest BCUT2D eigenvalue weighted by Gasteiger charge is -2.32. The molecule has 0 aromatic rings. The second-order valence-corrected chi connectivity index (χ2v) is 13.4. The van der Waals surface area contributed by atoms with E-state index in [9.17, 15) is 63.4 Å². The Morgan fingerprint density at radius 1 is 0.565 bits per heavy atom. The molecule has 262 valence electrons. The number of hydrogen-bond donors (Lipinski definition) is 8. The molecule has 0 saturated carbocycles. The first-order chi connectivity index (χ1) is 21.5. The molecule has 1 rings (SSSR count). The zero-order valence-corrected chi connectivity index (χ0v) is 26.2. The number of amides is 2. The predicted octanol–water partition coefficient (Wildman–Crippen LogP) is -3.16. The van der Waals surface area contributed by atoms with Gasteiger partial charge in [0.05, 0.1) is 32.1 Å². The van der Waals surface area contributed by atoms with Gasteiger partial charge in [-0.3, -0.25) is 68.6 Å². The Hall–Kier alpha value is -3.68. The van der Waals surface area contributed by atoms with Crippen LogP contribution in [-0.4, -0.2) is 183 Å². The van der Waals surface area contributed by atoms with E-state index in [0.29, 0.717) is 0 Å². The summed E-state index contributed by atoms with van der Waals surface area (Å²) in [6, 6.07) is 0. The first-order valence-corrected chi connectivity index (χ1v) is 16.4. The smallest absolute Gasteiger partial charge is 0.317 e. The van der Waals surface area contributed by atoms with Crippen LogP contribution >= 0.6 is 7.37 Å². The molecule has 0 bridgehead atoms. The van der Waals surface area contributed by atoms with Crippen LogP contribution < -0.4 is 10.9 Å². The van der Waals surface area contributed by atoms with Crippen molar-refractivity contribution in [2.75, 3.05) is 90.9 Å². The number of carbonyl (C=O) groups is 7. The number of hydrazine groups is 1. The normalized spacial score (nSPS) is 18.2. The van der Waals surface area contributed by atoms with E-state index in [2.05, 4.69) is 10.9 Å². The van der Waals surface area contributed by atoms with E-state index < -0.39 is 80.1 Å². The molecule has 1 fully saturated rings. The average molecular weight is 683 g/mol. The van der Waals surface area contributed by atoms with E-state index in [1.807, 2.05) is 0 Å². The third-order valence-corrected chi connectivity index (χ3v) is 8.90. The van der Waals surface area contributed by atoms with Crippen molar-refractivity contribution in [3.05, 3.63) is 0 Å². The molecular formula is C25H43N6O14P. The lowest BCUT2D eigenvalue weighted by molar-refractivity contribution is -0.143. The molecule has 0 aromatic carbocycles. The molecule has 0 aliphatic carbocycles. The SMILES string of the molecule is O=C(O)CCC(CP(=O)(O)CCC(=O)NNC(=O)CN1CCN(CC(=O)O)CCN(CC(=O)O)CCN(CC(=O)O)CC1)C(=O)O. The highest BCUT2D eigenvalue weighted by atomic mass is 31.2. The second-order valence-electron chi connectivity index (χ2n) is 10.9. The van der Waals surface area contributed by atoms with Crippen LogP contribution in [0.3, 0.4) is 0 Å². The molecule has 2 unspecified atom stereocenters. The molecule has 1 heterocycles. The molecule has 0 aromatic heterocycles. The van der Waals surface area contributed by atoms with E-state index >= 15 is 0 Å². The summed E-state index contributed by atoms with van der Waals surface area (Å²) in [5.41, 5.74) is 4.26. The Bertz CT molecular complexity index is 1110. The van der Waals surface area contributed by atoms with Gasteiger partial charge in [0.25, 0.3) is 5.91 Å². The van der Waals surface area contributed by atoms with Gasteiger partial charge >= 0.3 is 29.8 Å². The third-order valence-electron chi connectivity index (χ3n) is 6.96. The highest BCUT2D eigenvalue weighted by molar-refractivity contribution is 7.58. The Kier molecular flexibility index (Phi) is 17.9. The number of rotatable bonds is 17. The minimum absolute atomic E-state index is 0.162. The van der Waals surface area contributed by atoms with Crippen molar-refractivity contribution in [3.8, 4) is 0 Å². The summed E-state index contributed by atoms with van der Waals surface area (Å²) >= 11 is 0. The van der Waals surface area contributed by atoms with Crippen molar-refractivity contribution in [2.45, 2.75) is 19.3 Å². The summed E-state index contributed by atoms with van der Waals surface area (Å²) in [5, 5.41) is 45.8. The zero-order valence-electron chi connectivity index (χ0n) is 25.3. The van der Waals surface area contributed by atoms with Gasteiger partial charge in [-0.15, -0.1) is 0 Å². The largest absolute Gasteiger partial charge is 0.481 e. The van der Waals surface area contributed by atoms with Gasteiger partial charge in [0, 0.05) is 77.5 Å². The van der Waals surface area contributed by atoms with E-state index in [4.69, 9.17) is 5.11 Å². The van der Waals surface area contributed by atoms with Gasteiger partial charge in [-0.05, 0) is 6.42 Å². The van der Waals surface area contributed by atoms with Gasteiger partial charge < -0.3 is 30.4 Å². The summed E-state index contributed by atoms with van der Waals surface area (Å²) in [4.78, 5) is 97.5. The van der Waals surface area contributed by atoms with Crippen molar-refractivity contribution < 1.29 is 68.6 Å². The fourth-order valence-corrected chi connectivity index (χ4v) is 6.29. The molecule has 1 saturated heterocycles. The minimum atomic E-state index is -4.14. The lowest BCUT2D eigenvalue weighted by atomic mass is 10.1. The molecule has 0 spiro atoms. The van der Waals surface area contributed by atoms with Crippen LogP contribution in [0.4, 0.5) is 0 Å². The summed E-state index contributed by atoms with van der Waals surface area (Å²) in [6.07, 6.45) is -2.75. The van der Waals surface area contributed by atoms with Crippen molar-refractivity contribution in [2.24, 2.45) is 5.92 Å². The number of nitrogens with zero attached hydrogens (tertiary/aromatic N) is 4. The highest BCUT2D eigenvalue weighted by Gasteiger charge is 2.30. The van der Waals surface area contributed by atoms with Gasteiger partial charge in [0.1, 0.15) is 0 Å². The Labute approximate surface area is 264 Å². The van der Waals surface area contributed by atoms with Crippen LogP contribution in [0.2, 0.25) is 0 Å². The molecule has 1 aliphatic rings. The zero-order chi connectivity index (χ0) is 34.9. The van der Waals surface area contributed by atoms with Crippen LogP contribution in [0.5, 0.6) is 0 Å². The Balaban J connectivity index is 2.79. The fourth-order valence-electron chi connectivity index (χ4n) is 4.53. The molecule has 2 atom stereocenters. The van der Waals surface area contributed by atoms with Crippen LogP contribution in [0.1, 0.15) is 19.3 Å². The second kappa shape index (κ2) is 20.4. The topological polar surface area (TPSA) is 295 Å². The maximum atomic E-state index is 12.6. The summed E-state index contributed by atoms with van der Waals surface area (Å²) < 4.78 is 12.5. The van der Waals surface area contributed by atoms with Crippen LogP contribution in [0, 0.1) is 5.92 Å². The number of carboxylic acid groups (broad SMARTS) is 5. The van der Waals surface area contributed by atoms with Crippen molar-refractivity contribution >= 4 is 49.0 Å². The maximum absolute atomic E-state index is 12.6. The molecule has 0 radical (unpaired) electrons.